The highest BCUT2D eigenvalue weighted by atomic mass is 79.9. The van der Waals surface area contributed by atoms with Crippen LogP contribution in [0, 0.1) is 0 Å². The zero-order valence-electron chi connectivity index (χ0n) is 11.3. The van der Waals surface area contributed by atoms with E-state index >= 15 is 0 Å². The fourth-order valence-electron chi connectivity index (χ4n) is 1.83. The first kappa shape index (κ1) is 15.1. The maximum atomic E-state index is 12.0. The summed E-state index contributed by atoms with van der Waals surface area (Å²) in [4.78, 5) is 13.2. The molecule has 106 valence electrons. The second-order valence-electron chi connectivity index (χ2n) is 4.32. The number of carbonyl (C=O) groups is 1. The van der Waals surface area contributed by atoms with E-state index in [1.54, 1.807) is 11.3 Å². The van der Waals surface area contributed by atoms with Gasteiger partial charge in [0.1, 0.15) is 0 Å². The summed E-state index contributed by atoms with van der Waals surface area (Å²) >= 11 is 5.13. The highest BCUT2D eigenvalue weighted by Crippen LogP contribution is 2.22. The molecule has 2 rings (SSSR count). The van der Waals surface area contributed by atoms with Crippen LogP contribution in [0.4, 0.5) is 5.69 Å². The third-order valence-electron chi connectivity index (χ3n) is 2.81. The van der Waals surface area contributed by atoms with E-state index < -0.39 is 0 Å². The Kier molecular flexibility index (Phi) is 5.61. The molecule has 0 radical (unpaired) electrons. The lowest BCUT2D eigenvalue weighted by Gasteiger charge is -2.06. The first-order chi connectivity index (χ1) is 9.69. The van der Waals surface area contributed by atoms with Crippen molar-refractivity contribution < 1.29 is 4.79 Å². The summed E-state index contributed by atoms with van der Waals surface area (Å²) in [6.45, 7) is 3.58. The van der Waals surface area contributed by atoms with Gasteiger partial charge in [-0.1, -0.05) is 0 Å². The molecule has 0 aliphatic carbocycles. The predicted molar refractivity (Wildman–Crippen MR) is 88.7 cm³/mol. The Morgan fingerprint density at radius 3 is 2.55 bits per heavy atom. The van der Waals surface area contributed by atoms with Gasteiger partial charge in [0.2, 0.25) is 0 Å². The van der Waals surface area contributed by atoms with Crippen molar-refractivity contribution in [1.82, 2.24) is 5.32 Å². The molecule has 0 saturated carbocycles. The highest BCUT2D eigenvalue weighted by Gasteiger charge is 2.05. The van der Waals surface area contributed by atoms with Gasteiger partial charge in [-0.05, 0) is 65.7 Å². The van der Waals surface area contributed by atoms with Crippen molar-refractivity contribution in [3.8, 4) is 0 Å². The lowest BCUT2D eigenvalue weighted by atomic mass is 10.2. The molecule has 1 aromatic carbocycles. The van der Waals surface area contributed by atoms with Gasteiger partial charge in [-0.15, -0.1) is 11.3 Å². The number of carbonyl (C=O) groups excluding carboxylic acids is 1. The van der Waals surface area contributed by atoms with Crippen molar-refractivity contribution in [2.75, 3.05) is 18.4 Å². The maximum absolute atomic E-state index is 12.0. The van der Waals surface area contributed by atoms with E-state index in [4.69, 9.17) is 0 Å². The van der Waals surface area contributed by atoms with Crippen LogP contribution in [0.25, 0.3) is 0 Å². The summed E-state index contributed by atoms with van der Waals surface area (Å²) in [7, 11) is 0. The van der Waals surface area contributed by atoms with Crippen molar-refractivity contribution in [2.24, 2.45) is 0 Å². The van der Waals surface area contributed by atoms with Crippen LogP contribution in [0.1, 0.15) is 22.2 Å². The van der Waals surface area contributed by atoms with Gasteiger partial charge in [-0.2, -0.15) is 0 Å². The van der Waals surface area contributed by atoms with Crippen molar-refractivity contribution in [3.63, 3.8) is 0 Å². The van der Waals surface area contributed by atoms with E-state index in [-0.39, 0.29) is 5.91 Å². The minimum Gasteiger partial charge on any atom is -0.385 e. The smallest absolute Gasteiger partial charge is 0.251 e. The Morgan fingerprint density at radius 2 is 1.95 bits per heavy atom. The molecule has 1 heterocycles. The monoisotopic (exact) mass is 352 g/mol. The Morgan fingerprint density at radius 1 is 1.20 bits per heavy atom. The maximum Gasteiger partial charge on any atom is 0.251 e. The minimum absolute atomic E-state index is 0.0244. The molecule has 0 unspecified atom stereocenters. The number of amides is 1. The zero-order chi connectivity index (χ0) is 14.4. The Balaban J connectivity index is 1.82. The molecule has 0 fully saturated rings. The molecule has 5 heteroatoms. The predicted octanol–water partition coefficient (Wildman–Crippen LogP) is 3.91. The molecule has 1 aromatic heterocycles. The van der Waals surface area contributed by atoms with Crippen LogP contribution in [-0.2, 0) is 6.42 Å². The molecule has 0 spiro atoms. The van der Waals surface area contributed by atoms with E-state index in [1.165, 1.54) is 4.88 Å². The van der Waals surface area contributed by atoms with Gasteiger partial charge in [0, 0.05) is 29.2 Å². The Hall–Kier alpha value is -1.33. The van der Waals surface area contributed by atoms with Crippen molar-refractivity contribution in [2.45, 2.75) is 13.3 Å². The standard InChI is InChI=1S/C15H17BrN2OS/c1-2-17-12-5-3-11(4-6-12)15(19)18-10-9-13-7-8-14(16)20-13/h3-8,17H,2,9-10H2,1H3,(H,18,19). The van der Waals surface area contributed by atoms with E-state index in [9.17, 15) is 4.79 Å². The zero-order valence-corrected chi connectivity index (χ0v) is 13.7. The summed E-state index contributed by atoms with van der Waals surface area (Å²) in [5, 5.41) is 6.15. The number of nitrogens with one attached hydrogen (secondary N) is 2. The fraction of sp³-hybridized carbons (Fsp3) is 0.267. The molecule has 20 heavy (non-hydrogen) atoms. The molecule has 2 N–H and O–H groups in total. The number of benzene rings is 1. The quantitative estimate of drug-likeness (QED) is 0.827. The summed E-state index contributed by atoms with van der Waals surface area (Å²) in [6.07, 6.45) is 0.859. The first-order valence-electron chi connectivity index (χ1n) is 6.55. The Bertz CT molecular complexity index is 566. The third kappa shape index (κ3) is 4.35. The summed E-state index contributed by atoms with van der Waals surface area (Å²) in [5.41, 5.74) is 1.73. The largest absolute Gasteiger partial charge is 0.385 e. The van der Waals surface area contributed by atoms with Gasteiger partial charge < -0.3 is 10.6 Å². The van der Waals surface area contributed by atoms with Crippen LogP contribution in [0.15, 0.2) is 40.2 Å². The van der Waals surface area contributed by atoms with Gasteiger partial charge in [-0.25, -0.2) is 0 Å². The number of anilines is 1. The molecular weight excluding hydrogens is 336 g/mol. The van der Waals surface area contributed by atoms with Crippen molar-refractivity contribution in [3.05, 3.63) is 50.6 Å². The highest BCUT2D eigenvalue weighted by molar-refractivity contribution is 9.11. The number of rotatable bonds is 6. The van der Waals surface area contributed by atoms with E-state index in [0.29, 0.717) is 12.1 Å². The average Bonchev–Trinajstić information content (AvgIpc) is 2.85. The topological polar surface area (TPSA) is 41.1 Å². The SMILES string of the molecule is CCNc1ccc(C(=O)NCCc2ccc(Br)s2)cc1. The van der Waals surface area contributed by atoms with Gasteiger partial charge in [0.05, 0.1) is 3.79 Å². The molecule has 0 saturated heterocycles. The summed E-state index contributed by atoms with van der Waals surface area (Å²) in [5.74, 6) is -0.0244. The number of hydrogen-bond acceptors (Lipinski definition) is 3. The lowest BCUT2D eigenvalue weighted by Crippen LogP contribution is -2.25. The second kappa shape index (κ2) is 7.45. The fourth-order valence-corrected chi connectivity index (χ4v) is 3.31. The van der Waals surface area contributed by atoms with Crippen LogP contribution in [0.5, 0.6) is 0 Å². The van der Waals surface area contributed by atoms with Crippen molar-refractivity contribution in [1.29, 1.82) is 0 Å². The minimum atomic E-state index is -0.0244. The second-order valence-corrected chi connectivity index (χ2v) is 6.87. The molecule has 0 aliphatic rings. The van der Waals surface area contributed by atoms with Gasteiger partial charge in [0.25, 0.3) is 5.91 Å². The van der Waals surface area contributed by atoms with Crippen LogP contribution in [0.2, 0.25) is 0 Å². The molecule has 0 bridgehead atoms. The molecule has 3 nitrogen and oxygen atoms in total. The summed E-state index contributed by atoms with van der Waals surface area (Å²) in [6, 6.07) is 11.6. The normalized spacial score (nSPS) is 10.3. The van der Waals surface area contributed by atoms with E-state index in [1.807, 2.05) is 37.3 Å². The molecule has 1 amide bonds. The van der Waals surface area contributed by atoms with Gasteiger partial charge in [0.15, 0.2) is 0 Å². The number of halogens is 1. The molecule has 0 atom stereocenters. The number of thiophene rings is 1. The van der Waals surface area contributed by atoms with Gasteiger partial charge >= 0.3 is 0 Å². The molecule has 0 aliphatic heterocycles. The van der Waals surface area contributed by atoms with E-state index in [2.05, 4.69) is 32.6 Å². The molecular formula is C15H17BrN2OS. The van der Waals surface area contributed by atoms with E-state index in [0.717, 1.165) is 22.4 Å². The van der Waals surface area contributed by atoms with Crippen LogP contribution in [0.3, 0.4) is 0 Å². The number of hydrogen-bond donors (Lipinski definition) is 2. The Labute approximate surface area is 131 Å². The van der Waals surface area contributed by atoms with Gasteiger partial charge in [-0.3, -0.25) is 4.79 Å². The van der Waals surface area contributed by atoms with Crippen molar-refractivity contribution >= 4 is 38.9 Å². The first-order valence-corrected chi connectivity index (χ1v) is 8.16. The third-order valence-corrected chi connectivity index (χ3v) is 4.50. The van der Waals surface area contributed by atoms with Crippen LogP contribution in [-0.4, -0.2) is 19.0 Å². The summed E-state index contributed by atoms with van der Waals surface area (Å²) < 4.78 is 1.12. The molecule has 2 aromatic rings. The average molecular weight is 353 g/mol. The van der Waals surface area contributed by atoms with Crippen LogP contribution < -0.4 is 10.6 Å². The van der Waals surface area contributed by atoms with Crippen LogP contribution >= 0.6 is 27.3 Å². The lowest BCUT2D eigenvalue weighted by molar-refractivity contribution is 0.0954.